The zero-order valence-corrected chi connectivity index (χ0v) is 14.6. The molecule has 1 aromatic carbocycles. The minimum absolute atomic E-state index is 0.0526. The van der Waals surface area contributed by atoms with Gasteiger partial charge in [-0.3, -0.25) is 4.79 Å². The third-order valence-corrected chi connectivity index (χ3v) is 4.65. The fourth-order valence-electron chi connectivity index (χ4n) is 3.08. The number of hydrogen-bond acceptors (Lipinski definition) is 3. The third kappa shape index (κ3) is 4.09. The summed E-state index contributed by atoms with van der Waals surface area (Å²) in [5.41, 5.74) is 2.22. The van der Waals surface area contributed by atoms with Crippen LogP contribution in [0.5, 0.6) is 5.75 Å². The molecule has 0 bridgehead atoms. The topological polar surface area (TPSA) is 58.2 Å². The minimum Gasteiger partial charge on any atom is -0.493 e. The van der Waals surface area contributed by atoms with Gasteiger partial charge in [0.25, 0.3) is 0 Å². The van der Waals surface area contributed by atoms with Crippen LogP contribution in [0.15, 0.2) is 30.6 Å². The Morgan fingerprint density at radius 3 is 3.21 bits per heavy atom. The Bertz CT molecular complexity index is 701. The predicted molar refractivity (Wildman–Crippen MR) is 93.3 cm³/mol. The number of fused-ring (bicyclic) bond motifs is 1. The molecule has 1 N–H and O–H groups in total. The Morgan fingerprint density at radius 1 is 1.50 bits per heavy atom. The summed E-state index contributed by atoms with van der Waals surface area (Å²) in [7, 11) is 1.87. The lowest BCUT2D eigenvalue weighted by molar-refractivity contribution is -0.134. The normalized spacial score (nSPS) is 16.5. The maximum absolute atomic E-state index is 12.6. The molecular formula is C18H22ClN3O2. The van der Waals surface area contributed by atoms with E-state index in [0.717, 1.165) is 42.8 Å². The summed E-state index contributed by atoms with van der Waals surface area (Å²) < 4.78 is 5.66. The van der Waals surface area contributed by atoms with E-state index < -0.39 is 0 Å². The average Bonchev–Trinajstić information content (AvgIpc) is 3.05. The van der Waals surface area contributed by atoms with Crippen LogP contribution in [0.1, 0.15) is 24.2 Å². The van der Waals surface area contributed by atoms with Crippen molar-refractivity contribution in [1.29, 1.82) is 0 Å². The van der Waals surface area contributed by atoms with E-state index in [1.54, 1.807) is 12.4 Å². The number of nitrogens with zero attached hydrogens (tertiary/aromatic N) is 2. The molecule has 3 rings (SSSR count). The highest BCUT2D eigenvalue weighted by Crippen LogP contribution is 2.24. The fourth-order valence-corrected chi connectivity index (χ4v) is 3.26. The SMILES string of the molecule is CN(CCCOc1cccc(Cl)c1)C(=O)C1CCc2nc[nH]c2C1. The van der Waals surface area contributed by atoms with Crippen molar-refractivity contribution in [3.8, 4) is 5.75 Å². The van der Waals surface area contributed by atoms with E-state index in [1.807, 2.05) is 30.1 Å². The Hall–Kier alpha value is -2.01. The molecule has 0 saturated heterocycles. The maximum Gasteiger partial charge on any atom is 0.225 e. The van der Waals surface area contributed by atoms with Crippen molar-refractivity contribution in [2.75, 3.05) is 20.2 Å². The number of benzene rings is 1. The van der Waals surface area contributed by atoms with E-state index >= 15 is 0 Å². The van der Waals surface area contributed by atoms with E-state index in [1.165, 1.54) is 0 Å². The standard InChI is InChI=1S/C18H22ClN3O2/c1-22(8-3-9-24-15-5-2-4-14(19)11-15)18(23)13-6-7-16-17(10-13)21-12-20-16/h2,4-5,11-13H,3,6-10H2,1H3,(H,20,21). The van der Waals surface area contributed by atoms with Gasteiger partial charge in [0.2, 0.25) is 5.91 Å². The van der Waals surface area contributed by atoms with Gasteiger partial charge in [0, 0.05) is 36.6 Å². The predicted octanol–water partition coefficient (Wildman–Crippen LogP) is 3.10. The number of amides is 1. The molecule has 1 unspecified atom stereocenters. The summed E-state index contributed by atoms with van der Waals surface area (Å²) in [5, 5.41) is 0.662. The molecule has 1 aliphatic rings. The summed E-state index contributed by atoms with van der Waals surface area (Å²) in [5.74, 6) is 1.02. The van der Waals surface area contributed by atoms with Crippen LogP contribution in [-0.2, 0) is 17.6 Å². The smallest absolute Gasteiger partial charge is 0.225 e. The zero-order valence-electron chi connectivity index (χ0n) is 13.8. The molecule has 1 heterocycles. The number of rotatable bonds is 6. The molecule has 0 saturated carbocycles. The molecule has 1 aromatic heterocycles. The van der Waals surface area contributed by atoms with Crippen LogP contribution < -0.4 is 4.74 Å². The monoisotopic (exact) mass is 347 g/mol. The van der Waals surface area contributed by atoms with Gasteiger partial charge in [-0.2, -0.15) is 0 Å². The lowest BCUT2D eigenvalue weighted by Gasteiger charge is -2.26. The largest absolute Gasteiger partial charge is 0.493 e. The number of ether oxygens (including phenoxy) is 1. The lowest BCUT2D eigenvalue weighted by Crippen LogP contribution is -2.36. The van der Waals surface area contributed by atoms with Crippen molar-refractivity contribution in [1.82, 2.24) is 14.9 Å². The third-order valence-electron chi connectivity index (χ3n) is 4.42. The van der Waals surface area contributed by atoms with Crippen molar-refractivity contribution in [2.45, 2.75) is 25.7 Å². The zero-order chi connectivity index (χ0) is 16.9. The van der Waals surface area contributed by atoms with Crippen LogP contribution in [0.3, 0.4) is 0 Å². The summed E-state index contributed by atoms with van der Waals surface area (Å²) in [6.45, 7) is 1.25. The van der Waals surface area contributed by atoms with Gasteiger partial charge in [-0.25, -0.2) is 4.98 Å². The van der Waals surface area contributed by atoms with Gasteiger partial charge in [-0.15, -0.1) is 0 Å². The Balaban J connectivity index is 1.42. The van der Waals surface area contributed by atoms with Crippen LogP contribution in [0.4, 0.5) is 0 Å². The van der Waals surface area contributed by atoms with E-state index in [4.69, 9.17) is 16.3 Å². The Labute approximate surface area is 147 Å². The molecule has 128 valence electrons. The van der Waals surface area contributed by atoms with Crippen molar-refractivity contribution in [3.05, 3.63) is 47.0 Å². The highest BCUT2D eigenvalue weighted by atomic mass is 35.5. The van der Waals surface area contributed by atoms with Crippen LogP contribution in [0.25, 0.3) is 0 Å². The van der Waals surface area contributed by atoms with Gasteiger partial charge in [0.1, 0.15) is 5.75 Å². The van der Waals surface area contributed by atoms with E-state index in [-0.39, 0.29) is 11.8 Å². The van der Waals surface area contributed by atoms with Crippen LogP contribution in [0, 0.1) is 5.92 Å². The molecule has 0 spiro atoms. The number of hydrogen-bond donors (Lipinski definition) is 1. The molecule has 1 atom stereocenters. The second kappa shape index (κ2) is 7.71. The molecule has 1 aliphatic carbocycles. The van der Waals surface area contributed by atoms with E-state index in [0.29, 0.717) is 18.2 Å². The van der Waals surface area contributed by atoms with Gasteiger partial charge in [-0.05, 0) is 37.5 Å². The summed E-state index contributed by atoms with van der Waals surface area (Å²) in [6.07, 6.45) is 5.02. The Kier molecular flexibility index (Phi) is 5.41. The molecule has 6 heteroatoms. The van der Waals surface area contributed by atoms with Gasteiger partial charge < -0.3 is 14.6 Å². The van der Waals surface area contributed by atoms with Gasteiger partial charge in [0.05, 0.1) is 18.6 Å². The van der Waals surface area contributed by atoms with Gasteiger partial charge in [-0.1, -0.05) is 17.7 Å². The molecule has 0 fully saturated rings. The summed E-state index contributed by atoms with van der Waals surface area (Å²) in [4.78, 5) is 21.8. The number of aromatic amines is 1. The minimum atomic E-state index is 0.0526. The first-order chi connectivity index (χ1) is 11.6. The lowest BCUT2D eigenvalue weighted by atomic mass is 9.89. The van der Waals surface area contributed by atoms with Crippen molar-refractivity contribution >= 4 is 17.5 Å². The number of H-pyrrole nitrogens is 1. The van der Waals surface area contributed by atoms with E-state index in [2.05, 4.69) is 9.97 Å². The van der Waals surface area contributed by atoms with Crippen LogP contribution >= 0.6 is 11.6 Å². The highest BCUT2D eigenvalue weighted by Gasteiger charge is 2.28. The summed E-state index contributed by atoms with van der Waals surface area (Å²) >= 11 is 5.92. The number of aryl methyl sites for hydroxylation is 1. The molecule has 1 amide bonds. The number of halogens is 1. The summed E-state index contributed by atoms with van der Waals surface area (Å²) in [6, 6.07) is 7.35. The van der Waals surface area contributed by atoms with Crippen molar-refractivity contribution < 1.29 is 9.53 Å². The number of carbonyl (C=O) groups excluding carboxylic acids is 1. The van der Waals surface area contributed by atoms with Crippen molar-refractivity contribution in [2.24, 2.45) is 5.92 Å². The maximum atomic E-state index is 12.6. The second-order valence-electron chi connectivity index (χ2n) is 6.19. The quantitative estimate of drug-likeness (QED) is 0.817. The van der Waals surface area contributed by atoms with Gasteiger partial charge >= 0.3 is 0 Å². The number of carbonyl (C=O) groups is 1. The van der Waals surface area contributed by atoms with Gasteiger partial charge in [0.15, 0.2) is 0 Å². The molecule has 24 heavy (non-hydrogen) atoms. The average molecular weight is 348 g/mol. The molecule has 0 aliphatic heterocycles. The van der Waals surface area contributed by atoms with Crippen LogP contribution in [0.2, 0.25) is 5.02 Å². The first-order valence-corrected chi connectivity index (χ1v) is 8.66. The molecule has 0 radical (unpaired) electrons. The van der Waals surface area contributed by atoms with E-state index in [9.17, 15) is 4.79 Å². The molecular weight excluding hydrogens is 326 g/mol. The van der Waals surface area contributed by atoms with Crippen molar-refractivity contribution in [3.63, 3.8) is 0 Å². The molecule has 2 aromatic rings. The number of imidazole rings is 1. The number of nitrogens with one attached hydrogen (secondary N) is 1. The van der Waals surface area contributed by atoms with Crippen LogP contribution in [-0.4, -0.2) is 41.0 Å². The molecule has 5 nitrogen and oxygen atoms in total. The first kappa shape index (κ1) is 16.8. The fraction of sp³-hybridized carbons (Fsp3) is 0.444. The Morgan fingerprint density at radius 2 is 2.38 bits per heavy atom. The second-order valence-corrected chi connectivity index (χ2v) is 6.62. The highest BCUT2D eigenvalue weighted by molar-refractivity contribution is 6.30. The number of aromatic nitrogens is 2. The first-order valence-electron chi connectivity index (χ1n) is 8.28.